The molecule has 2 rings (SSSR count). The minimum Gasteiger partial charge on any atom is -0.469 e. The van der Waals surface area contributed by atoms with E-state index >= 15 is 0 Å². The Morgan fingerprint density at radius 1 is 1.67 bits per heavy atom. The monoisotopic (exact) mass is 232 g/mol. The summed E-state index contributed by atoms with van der Waals surface area (Å²) in [6.45, 7) is 0. The third-order valence-corrected chi connectivity index (χ3v) is 4.63. The van der Waals surface area contributed by atoms with Crippen LogP contribution in [0.15, 0.2) is 0 Å². The fourth-order valence-corrected chi connectivity index (χ4v) is 3.83. The zero-order chi connectivity index (χ0) is 8.77. The highest BCUT2D eigenvalue weighted by Crippen LogP contribution is 2.57. The first-order valence-corrected chi connectivity index (χ1v) is 5.33. The number of esters is 1. The van der Waals surface area contributed by atoms with Crippen LogP contribution in [0.5, 0.6) is 0 Å². The Morgan fingerprint density at radius 3 is 2.83 bits per heavy atom. The summed E-state index contributed by atoms with van der Waals surface area (Å²) in [6, 6.07) is 0. The number of halogens is 1. The summed E-state index contributed by atoms with van der Waals surface area (Å²) >= 11 is 3.59. The molecule has 2 aliphatic carbocycles. The van der Waals surface area contributed by atoms with Crippen LogP contribution in [0.2, 0.25) is 0 Å². The molecule has 0 radical (unpaired) electrons. The van der Waals surface area contributed by atoms with Crippen LogP contribution < -0.4 is 0 Å². The molecule has 68 valence electrons. The van der Waals surface area contributed by atoms with Crippen molar-refractivity contribution in [2.75, 3.05) is 7.11 Å². The lowest BCUT2D eigenvalue weighted by Gasteiger charge is -2.28. The molecule has 0 N–H and O–H groups in total. The van der Waals surface area contributed by atoms with Crippen LogP contribution in [-0.2, 0) is 9.53 Å². The zero-order valence-corrected chi connectivity index (χ0v) is 8.76. The first-order valence-electron chi connectivity index (χ1n) is 4.41. The van der Waals surface area contributed by atoms with Gasteiger partial charge in [-0.1, -0.05) is 15.9 Å². The van der Waals surface area contributed by atoms with E-state index in [1.807, 2.05) is 0 Å². The van der Waals surface area contributed by atoms with Gasteiger partial charge in [-0.25, -0.2) is 0 Å². The van der Waals surface area contributed by atoms with E-state index in [2.05, 4.69) is 15.9 Å². The molecule has 0 heterocycles. The second kappa shape index (κ2) is 2.72. The highest BCUT2D eigenvalue weighted by atomic mass is 79.9. The Balaban J connectivity index is 2.23. The van der Waals surface area contributed by atoms with Crippen LogP contribution >= 0.6 is 15.9 Å². The van der Waals surface area contributed by atoms with Gasteiger partial charge in [-0.3, -0.25) is 4.79 Å². The Labute approximate surface area is 80.8 Å². The molecule has 0 aromatic carbocycles. The molecule has 0 aromatic heterocycles. The standard InChI is InChI=1S/C9H13BrO2/c1-12-8(11)9-3-2-6(5-9)4-7(9)10/h6-7H,2-5H2,1H3/t6-,7+,9+/m0/s1. The Hall–Kier alpha value is -0.0500. The first kappa shape index (κ1) is 8.54. The number of rotatable bonds is 1. The van der Waals surface area contributed by atoms with Gasteiger partial charge < -0.3 is 4.74 Å². The average molecular weight is 233 g/mol. The van der Waals surface area contributed by atoms with Crippen LogP contribution in [0.3, 0.4) is 0 Å². The molecular weight excluding hydrogens is 220 g/mol. The van der Waals surface area contributed by atoms with Crippen molar-refractivity contribution in [3.63, 3.8) is 0 Å². The molecule has 0 aliphatic heterocycles. The summed E-state index contributed by atoms with van der Waals surface area (Å²) in [4.78, 5) is 11.9. The second-order valence-corrected chi connectivity index (χ2v) is 5.07. The lowest BCUT2D eigenvalue weighted by Crippen LogP contribution is -2.35. The van der Waals surface area contributed by atoms with Gasteiger partial charge in [0, 0.05) is 4.83 Å². The van der Waals surface area contributed by atoms with Crippen molar-refractivity contribution in [3.05, 3.63) is 0 Å². The highest BCUT2D eigenvalue weighted by Gasteiger charge is 2.56. The minimum atomic E-state index is -0.167. The molecule has 2 saturated carbocycles. The van der Waals surface area contributed by atoms with Crippen LogP contribution in [0.25, 0.3) is 0 Å². The molecule has 0 aromatic rings. The number of hydrogen-bond acceptors (Lipinski definition) is 2. The Morgan fingerprint density at radius 2 is 2.42 bits per heavy atom. The lowest BCUT2D eigenvalue weighted by molar-refractivity contribution is -0.151. The van der Waals surface area contributed by atoms with Gasteiger partial charge in [0.05, 0.1) is 12.5 Å². The van der Waals surface area contributed by atoms with Gasteiger partial charge in [-0.2, -0.15) is 0 Å². The van der Waals surface area contributed by atoms with Gasteiger partial charge in [0.15, 0.2) is 0 Å². The van der Waals surface area contributed by atoms with Crippen molar-refractivity contribution in [3.8, 4) is 0 Å². The van der Waals surface area contributed by atoms with Crippen molar-refractivity contribution >= 4 is 21.9 Å². The number of fused-ring (bicyclic) bond motifs is 2. The fourth-order valence-electron chi connectivity index (χ4n) is 2.70. The molecule has 2 fully saturated rings. The van der Waals surface area contributed by atoms with Gasteiger partial charge in [0.2, 0.25) is 0 Å². The third kappa shape index (κ3) is 0.951. The van der Waals surface area contributed by atoms with E-state index in [0.717, 1.165) is 25.2 Å². The molecule has 3 heteroatoms. The quantitative estimate of drug-likeness (QED) is 0.512. The molecule has 2 nitrogen and oxygen atoms in total. The van der Waals surface area contributed by atoms with E-state index in [-0.39, 0.29) is 11.4 Å². The smallest absolute Gasteiger partial charge is 0.312 e. The van der Waals surface area contributed by atoms with Gasteiger partial charge in [0.1, 0.15) is 0 Å². The van der Waals surface area contributed by atoms with E-state index in [4.69, 9.17) is 4.74 Å². The summed E-state index contributed by atoms with van der Waals surface area (Å²) in [7, 11) is 1.49. The van der Waals surface area contributed by atoms with Crippen molar-refractivity contribution in [2.45, 2.75) is 30.5 Å². The maximum Gasteiger partial charge on any atom is 0.312 e. The van der Waals surface area contributed by atoms with Crippen LogP contribution in [0.4, 0.5) is 0 Å². The molecule has 0 saturated heterocycles. The maximum atomic E-state index is 11.6. The van der Waals surface area contributed by atoms with E-state index < -0.39 is 0 Å². The summed E-state index contributed by atoms with van der Waals surface area (Å²) < 4.78 is 4.86. The molecule has 2 bridgehead atoms. The first-order chi connectivity index (χ1) is 5.69. The highest BCUT2D eigenvalue weighted by molar-refractivity contribution is 9.09. The van der Waals surface area contributed by atoms with E-state index in [1.54, 1.807) is 0 Å². The van der Waals surface area contributed by atoms with Crippen LogP contribution in [-0.4, -0.2) is 17.9 Å². The van der Waals surface area contributed by atoms with Gasteiger partial charge in [-0.05, 0) is 31.6 Å². The van der Waals surface area contributed by atoms with Crippen LogP contribution in [0.1, 0.15) is 25.7 Å². The second-order valence-electron chi connectivity index (χ2n) is 3.96. The summed E-state index contributed by atoms with van der Waals surface area (Å²) in [6.07, 6.45) is 4.40. The van der Waals surface area contributed by atoms with Crippen molar-refractivity contribution in [1.29, 1.82) is 0 Å². The minimum absolute atomic E-state index is 0.00984. The zero-order valence-electron chi connectivity index (χ0n) is 7.18. The van der Waals surface area contributed by atoms with E-state index in [0.29, 0.717) is 4.83 Å². The van der Waals surface area contributed by atoms with Crippen molar-refractivity contribution < 1.29 is 9.53 Å². The summed E-state index contributed by atoms with van der Waals surface area (Å²) in [5, 5.41) is 0. The number of carbonyl (C=O) groups excluding carboxylic acids is 1. The molecule has 0 unspecified atom stereocenters. The van der Waals surface area contributed by atoms with Crippen molar-refractivity contribution in [1.82, 2.24) is 0 Å². The number of alkyl halides is 1. The van der Waals surface area contributed by atoms with Gasteiger partial charge >= 0.3 is 5.97 Å². The lowest BCUT2D eigenvalue weighted by atomic mass is 9.84. The molecule has 0 amide bonds. The largest absolute Gasteiger partial charge is 0.469 e. The molecule has 3 atom stereocenters. The molecule has 0 spiro atoms. The van der Waals surface area contributed by atoms with Crippen molar-refractivity contribution in [2.24, 2.45) is 11.3 Å². The normalized spacial score (nSPS) is 44.8. The summed E-state index contributed by atoms with van der Waals surface area (Å²) in [5.74, 6) is 0.748. The predicted octanol–water partition coefficient (Wildman–Crippen LogP) is 2.11. The van der Waals surface area contributed by atoms with Gasteiger partial charge in [-0.15, -0.1) is 0 Å². The number of carbonyl (C=O) groups is 1. The van der Waals surface area contributed by atoms with Gasteiger partial charge in [0.25, 0.3) is 0 Å². The topological polar surface area (TPSA) is 26.3 Å². The molecule has 2 aliphatic rings. The number of ether oxygens (including phenoxy) is 1. The fraction of sp³-hybridized carbons (Fsp3) is 0.889. The number of hydrogen-bond donors (Lipinski definition) is 0. The third-order valence-electron chi connectivity index (χ3n) is 3.38. The summed E-state index contributed by atoms with van der Waals surface area (Å²) in [5.41, 5.74) is -0.167. The number of methoxy groups -OCH3 is 1. The van der Waals surface area contributed by atoms with E-state index in [1.165, 1.54) is 13.5 Å². The SMILES string of the molecule is COC(=O)[C@@]12CC[C@@H](C[C@H]1Br)C2. The maximum absolute atomic E-state index is 11.6. The molecular formula is C9H13BrO2. The van der Waals surface area contributed by atoms with Crippen LogP contribution in [0, 0.1) is 11.3 Å². The Bertz CT molecular complexity index is 217. The Kier molecular flexibility index (Phi) is 1.94. The predicted molar refractivity (Wildman–Crippen MR) is 49.1 cm³/mol. The molecule has 12 heavy (non-hydrogen) atoms. The van der Waals surface area contributed by atoms with E-state index in [9.17, 15) is 4.79 Å². The average Bonchev–Trinajstić information content (AvgIpc) is 2.60.